The number of ether oxygens (including phenoxy) is 3. The van der Waals surface area contributed by atoms with Crippen molar-refractivity contribution in [2.75, 3.05) is 32.9 Å². The molecule has 4 aromatic carbocycles. The van der Waals surface area contributed by atoms with Crippen molar-refractivity contribution >= 4 is 115 Å². The Morgan fingerprint density at radius 2 is 1.25 bits per heavy atom. The first-order valence-corrected chi connectivity index (χ1v) is 26.2. The van der Waals surface area contributed by atoms with Crippen molar-refractivity contribution in [2.45, 2.75) is 33.6 Å². The van der Waals surface area contributed by atoms with Crippen LogP contribution in [0.1, 0.15) is 75.6 Å². The Balaban J connectivity index is 0.000000151. The van der Waals surface area contributed by atoms with Gasteiger partial charge in [0.15, 0.2) is 29.3 Å². The second-order valence-electron chi connectivity index (χ2n) is 17.4. The van der Waals surface area contributed by atoms with E-state index < -0.39 is 17.6 Å². The maximum absolute atomic E-state index is 15.1. The van der Waals surface area contributed by atoms with Crippen molar-refractivity contribution in [1.29, 1.82) is 5.26 Å². The first kappa shape index (κ1) is 55.7. The lowest BCUT2D eigenvalue weighted by molar-refractivity contribution is 0.0502. The highest BCUT2D eigenvalue weighted by Gasteiger charge is 2.29. The van der Waals surface area contributed by atoms with E-state index in [4.69, 9.17) is 19.5 Å². The summed E-state index contributed by atoms with van der Waals surface area (Å²) < 4.78 is 53.4. The number of esters is 3. The third-order valence-electron chi connectivity index (χ3n) is 12.5. The van der Waals surface area contributed by atoms with Gasteiger partial charge in [-0.1, -0.05) is 53.9 Å². The Morgan fingerprint density at radius 1 is 0.680 bits per heavy atom. The fourth-order valence-corrected chi connectivity index (χ4v) is 9.97. The van der Waals surface area contributed by atoms with E-state index in [0.29, 0.717) is 59.5 Å². The molecule has 1 N–H and O–H groups in total. The lowest BCUT2D eigenvalue weighted by atomic mass is 10.00. The normalized spacial score (nSPS) is 12.9. The number of nitrogens with one attached hydrogen (secondary N) is 1. The summed E-state index contributed by atoms with van der Waals surface area (Å²) in [6, 6.07) is 26.1. The highest BCUT2D eigenvalue weighted by atomic mass is 79.9. The molecule has 9 aromatic rings. The predicted octanol–water partition coefficient (Wildman–Crippen LogP) is 12.6. The number of hydrogen-bond acceptors (Lipinski definition) is 10. The molecule has 0 radical (unpaired) electrons. The number of aromatic amines is 1. The molecule has 1 saturated heterocycles. The third-order valence-corrected chi connectivity index (χ3v) is 14.0. The predicted molar refractivity (Wildman–Crippen MR) is 294 cm³/mol. The second-order valence-corrected chi connectivity index (χ2v) is 20.2. The minimum atomic E-state index is -0.639. The molecule has 0 spiro atoms. The van der Waals surface area contributed by atoms with Crippen LogP contribution in [0.15, 0.2) is 111 Å². The molecule has 10 rings (SSSR count). The zero-order valence-corrected chi connectivity index (χ0v) is 46.9. The van der Waals surface area contributed by atoms with Gasteiger partial charge in [0.05, 0.1) is 37.1 Å². The molecule has 5 aromatic heterocycles. The van der Waals surface area contributed by atoms with Gasteiger partial charge >= 0.3 is 17.9 Å². The number of likely N-dealkylation sites (tertiary alicyclic amines) is 1. The summed E-state index contributed by atoms with van der Waals surface area (Å²) in [5, 5.41) is 16.0. The monoisotopic (exact) mass is 1210 g/mol. The molecule has 1 fully saturated rings. The summed E-state index contributed by atoms with van der Waals surface area (Å²) in [6.45, 7) is 7.52. The van der Waals surface area contributed by atoms with Crippen LogP contribution in [-0.4, -0.2) is 90.0 Å². The van der Waals surface area contributed by atoms with Crippen molar-refractivity contribution in [2.24, 2.45) is 34.1 Å². The van der Waals surface area contributed by atoms with Crippen LogP contribution in [0.4, 0.5) is 8.78 Å². The van der Waals surface area contributed by atoms with E-state index >= 15 is 4.39 Å². The molecule has 0 saturated carbocycles. The average molecular weight is 1220 g/mol. The van der Waals surface area contributed by atoms with Crippen molar-refractivity contribution in [3.05, 3.63) is 145 Å². The van der Waals surface area contributed by atoms with Crippen LogP contribution in [0.25, 0.3) is 54.7 Å². The lowest BCUT2D eigenvalue weighted by Gasteiger charge is -2.09. The smallest absolute Gasteiger partial charge is 0.358 e. The number of Topliss-reactive ketones (excluding diaryl/α,β-unsaturated/α-hetero) is 1. The van der Waals surface area contributed by atoms with Gasteiger partial charge in [-0.15, -0.1) is 0 Å². The van der Waals surface area contributed by atoms with Gasteiger partial charge in [0.2, 0.25) is 0 Å². The number of fused-ring (bicyclic) bond motifs is 4. The minimum Gasteiger partial charge on any atom is -0.461 e. The summed E-state index contributed by atoms with van der Waals surface area (Å²) in [7, 11) is 7.06. The van der Waals surface area contributed by atoms with Crippen molar-refractivity contribution in [3.8, 4) is 17.3 Å². The van der Waals surface area contributed by atoms with Crippen LogP contribution in [-0.2, 0) is 42.4 Å². The lowest BCUT2D eigenvalue weighted by Crippen LogP contribution is -2.17. The Labute approximate surface area is 456 Å². The fourth-order valence-electron chi connectivity index (χ4n) is 8.85. The molecule has 20 heteroatoms. The molecule has 0 aliphatic carbocycles. The van der Waals surface area contributed by atoms with Gasteiger partial charge < -0.3 is 37.8 Å². The van der Waals surface area contributed by atoms with E-state index in [1.165, 1.54) is 4.57 Å². The fraction of sp³-hybridized carbons (Fsp3) is 0.273. The summed E-state index contributed by atoms with van der Waals surface area (Å²) >= 11 is 10.1. The van der Waals surface area contributed by atoms with Crippen LogP contribution in [0, 0.1) is 29.0 Å². The number of aryl methyl sites for hydroxylation is 4. The summed E-state index contributed by atoms with van der Waals surface area (Å²) in [6.07, 6.45) is 6.76. The Hall–Kier alpha value is -7.08. The van der Waals surface area contributed by atoms with E-state index in [1.54, 1.807) is 85.5 Å². The standard InChI is InChI=1S/C20H20FN5O.C12H11BrFNO2.C12H12BrNO2.C11H10BrNO2/c1-24-11-15(9-23-24)14-3-4-17-16(8-14)19(21)20(25(17)2)18(27)7-13-5-6-26(10-13)12-22;1-3-17-12(16)11-10(14)8-6-7(13)4-5-9(8)15(11)2;1-3-16-12(15)11-7-8-6-9(13)4-5-10(8)14(11)2;1-2-15-11(14)10-6-7-5-8(12)3-4-9(7)13-10/h3-4,8-9,11,13H,5-7,10H2,1-2H3;4-6H,3H2,1-2H3;4-7H,3H2,1-2H3;3-6,13H,2H2,1H3/t13-;;;/m0.../s1. The van der Waals surface area contributed by atoms with Crippen LogP contribution in [0.3, 0.4) is 0 Å². The first-order chi connectivity index (χ1) is 35.9. The number of hydrogen-bond donors (Lipinski definition) is 1. The van der Waals surface area contributed by atoms with Gasteiger partial charge in [-0.05, 0) is 118 Å². The number of rotatable bonds is 10. The number of carbonyl (C=O) groups excluding carboxylic acids is 4. The third kappa shape index (κ3) is 12.5. The van der Waals surface area contributed by atoms with E-state index in [9.17, 15) is 23.6 Å². The topological polar surface area (TPSA) is 171 Å². The molecule has 0 unspecified atom stereocenters. The Morgan fingerprint density at radius 3 is 1.89 bits per heavy atom. The number of benzene rings is 4. The Kier molecular flexibility index (Phi) is 18.2. The van der Waals surface area contributed by atoms with Gasteiger partial charge in [0.25, 0.3) is 0 Å². The largest absolute Gasteiger partial charge is 0.461 e. The maximum Gasteiger partial charge on any atom is 0.358 e. The minimum absolute atomic E-state index is 0.0417. The van der Waals surface area contributed by atoms with Crippen molar-refractivity contribution < 1.29 is 42.2 Å². The van der Waals surface area contributed by atoms with Gasteiger partial charge in [-0.25, -0.2) is 23.2 Å². The zero-order valence-electron chi connectivity index (χ0n) is 42.1. The highest BCUT2D eigenvalue weighted by molar-refractivity contribution is 9.11. The van der Waals surface area contributed by atoms with E-state index in [0.717, 1.165) is 52.8 Å². The van der Waals surface area contributed by atoms with Crippen LogP contribution in [0.2, 0.25) is 0 Å². The van der Waals surface area contributed by atoms with E-state index in [2.05, 4.69) is 64.1 Å². The van der Waals surface area contributed by atoms with E-state index in [-0.39, 0.29) is 48.1 Å². The highest BCUT2D eigenvalue weighted by Crippen LogP contribution is 2.32. The molecule has 15 nitrogen and oxygen atoms in total. The van der Waals surface area contributed by atoms with Gasteiger partial charge in [0.1, 0.15) is 17.1 Å². The molecule has 390 valence electrons. The molecule has 0 amide bonds. The van der Waals surface area contributed by atoms with Crippen LogP contribution < -0.4 is 0 Å². The second kappa shape index (κ2) is 24.5. The SMILES string of the molecule is CCOC(=O)c1c(F)c2cc(Br)ccc2n1C.CCOC(=O)c1cc2cc(Br)ccc2[nH]1.CCOC(=O)c1cc2cc(Br)ccc2n1C.Cn1cc(-c2ccc3c(c2)c(F)c(C(=O)C[C@@H]2CCN(C#N)C2)n3C)cn1. The Bertz CT molecular complexity index is 3640. The summed E-state index contributed by atoms with van der Waals surface area (Å²) in [5.41, 5.74) is 6.20. The molecular formula is C55H53Br3F2N8O7. The average Bonchev–Trinajstić information content (AvgIpc) is 4.25. The summed E-state index contributed by atoms with van der Waals surface area (Å²) in [5.74, 6) is -2.36. The number of halogens is 5. The van der Waals surface area contributed by atoms with Gasteiger partial charge in [-0.3, -0.25) is 9.48 Å². The molecule has 6 heterocycles. The number of ketones is 1. The van der Waals surface area contributed by atoms with Gasteiger partial charge in [0, 0.05) is 105 Å². The maximum atomic E-state index is 15.1. The summed E-state index contributed by atoms with van der Waals surface area (Å²) in [4.78, 5) is 52.2. The number of aromatic nitrogens is 6. The number of nitriles is 1. The van der Waals surface area contributed by atoms with E-state index in [1.807, 2.05) is 79.5 Å². The molecule has 1 atom stereocenters. The molecule has 1 aliphatic rings. The molecule has 0 bridgehead atoms. The molecular weight excluding hydrogens is 1160 g/mol. The van der Waals surface area contributed by atoms with Crippen LogP contribution in [0.5, 0.6) is 0 Å². The molecule has 75 heavy (non-hydrogen) atoms. The molecule has 1 aliphatic heterocycles. The number of nitrogens with zero attached hydrogens (tertiary/aromatic N) is 7. The van der Waals surface area contributed by atoms with Crippen molar-refractivity contribution in [1.82, 2.24) is 33.4 Å². The first-order valence-electron chi connectivity index (χ1n) is 23.8. The number of H-pyrrole nitrogens is 1. The van der Waals surface area contributed by atoms with Gasteiger partial charge in [-0.2, -0.15) is 10.4 Å². The van der Waals surface area contributed by atoms with Crippen LogP contribution >= 0.6 is 47.8 Å². The number of carbonyl (C=O) groups is 4. The van der Waals surface area contributed by atoms with Crippen molar-refractivity contribution in [3.63, 3.8) is 0 Å². The zero-order chi connectivity index (χ0) is 54.2. The quantitative estimate of drug-likeness (QED) is 0.0601.